The molecule has 0 unspecified atom stereocenters. The van der Waals surface area contributed by atoms with Gasteiger partial charge in [0.15, 0.2) is 6.61 Å². The van der Waals surface area contributed by atoms with Gasteiger partial charge in [0.05, 0.1) is 11.3 Å². The lowest BCUT2D eigenvalue weighted by Crippen LogP contribution is -2.23. The maximum Gasteiger partial charge on any atom is 0.332 e. The molecule has 0 aliphatic carbocycles. The molecule has 7 heteroatoms. The Kier molecular flexibility index (Phi) is 6.50. The Balaban J connectivity index is 2.53. The van der Waals surface area contributed by atoms with E-state index < -0.39 is 18.5 Å². The van der Waals surface area contributed by atoms with Gasteiger partial charge in [0.25, 0.3) is 5.91 Å². The summed E-state index contributed by atoms with van der Waals surface area (Å²) in [7, 11) is 0. The Morgan fingerprint density at radius 1 is 1.40 bits per heavy atom. The van der Waals surface area contributed by atoms with E-state index in [0.717, 1.165) is 0 Å². The molecule has 0 saturated heterocycles. The minimum atomic E-state index is -0.631. The van der Waals surface area contributed by atoms with Crippen LogP contribution in [0.5, 0.6) is 0 Å². The van der Waals surface area contributed by atoms with Crippen LogP contribution in [0.3, 0.4) is 0 Å². The quantitative estimate of drug-likeness (QED) is 0.808. The molecule has 1 amide bonds. The number of benzene rings is 1. The summed E-state index contributed by atoms with van der Waals surface area (Å²) in [6.45, 7) is 1.46. The standard InChI is InChI=1S/C13H13ClN2O4/c1-2-19-8-13(18)20-7-12(17)16-11-5-10(14)4-3-9(11)6-15/h3-5H,2,7-8H2,1H3,(H,16,17). The minimum Gasteiger partial charge on any atom is -0.454 e. The van der Waals surface area contributed by atoms with Crippen molar-refractivity contribution in [2.45, 2.75) is 6.92 Å². The molecule has 106 valence electrons. The van der Waals surface area contributed by atoms with Gasteiger partial charge in [-0.1, -0.05) is 11.6 Å². The average molecular weight is 297 g/mol. The van der Waals surface area contributed by atoms with Crippen molar-refractivity contribution in [1.82, 2.24) is 0 Å². The highest BCUT2D eigenvalue weighted by Crippen LogP contribution is 2.20. The molecule has 0 heterocycles. The van der Waals surface area contributed by atoms with Crippen LogP contribution in [0, 0.1) is 11.3 Å². The molecule has 1 aromatic rings. The summed E-state index contributed by atoms with van der Waals surface area (Å²) in [5.41, 5.74) is 0.536. The number of esters is 1. The van der Waals surface area contributed by atoms with Gasteiger partial charge in [-0.15, -0.1) is 0 Å². The number of carbonyl (C=O) groups excluding carboxylic acids is 2. The van der Waals surface area contributed by atoms with Crippen molar-refractivity contribution in [1.29, 1.82) is 5.26 Å². The molecule has 0 aliphatic rings. The molecule has 0 radical (unpaired) electrons. The number of hydrogen-bond acceptors (Lipinski definition) is 5. The number of nitrogens with one attached hydrogen (secondary N) is 1. The predicted octanol–water partition coefficient (Wildman–Crippen LogP) is 1.73. The molecule has 1 rings (SSSR count). The van der Waals surface area contributed by atoms with Gasteiger partial charge in [-0.05, 0) is 25.1 Å². The molecular formula is C13H13ClN2O4. The Morgan fingerprint density at radius 3 is 2.80 bits per heavy atom. The minimum absolute atomic E-state index is 0.204. The summed E-state index contributed by atoms with van der Waals surface area (Å²) >= 11 is 5.78. The number of halogens is 1. The van der Waals surface area contributed by atoms with E-state index in [-0.39, 0.29) is 17.9 Å². The van der Waals surface area contributed by atoms with E-state index in [1.54, 1.807) is 6.92 Å². The van der Waals surface area contributed by atoms with Crippen LogP contribution in [0.2, 0.25) is 5.02 Å². The molecule has 0 aromatic heterocycles. The van der Waals surface area contributed by atoms with Crippen molar-refractivity contribution in [3.05, 3.63) is 28.8 Å². The molecule has 1 aromatic carbocycles. The lowest BCUT2D eigenvalue weighted by molar-refractivity contribution is -0.151. The smallest absolute Gasteiger partial charge is 0.332 e. The lowest BCUT2D eigenvalue weighted by atomic mass is 10.2. The third-order valence-corrected chi connectivity index (χ3v) is 2.40. The summed E-state index contributed by atoms with van der Waals surface area (Å²) in [4.78, 5) is 22.7. The third kappa shape index (κ3) is 5.26. The van der Waals surface area contributed by atoms with Gasteiger partial charge in [0, 0.05) is 11.6 Å². The Labute approximate surface area is 121 Å². The van der Waals surface area contributed by atoms with Gasteiger partial charge in [-0.3, -0.25) is 4.79 Å². The van der Waals surface area contributed by atoms with E-state index >= 15 is 0 Å². The topological polar surface area (TPSA) is 88.4 Å². The maximum atomic E-state index is 11.6. The van der Waals surface area contributed by atoms with Crippen molar-refractivity contribution < 1.29 is 19.1 Å². The number of rotatable bonds is 6. The monoisotopic (exact) mass is 296 g/mol. The average Bonchev–Trinajstić information content (AvgIpc) is 2.43. The molecule has 0 spiro atoms. The summed E-state index contributed by atoms with van der Waals surface area (Å²) in [5.74, 6) is -1.19. The number of anilines is 1. The summed E-state index contributed by atoms with van der Waals surface area (Å²) < 4.78 is 9.52. The summed E-state index contributed by atoms with van der Waals surface area (Å²) in [5, 5.41) is 11.7. The van der Waals surface area contributed by atoms with Gasteiger partial charge in [-0.25, -0.2) is 4.79 Å². The zero-order valence-electron chi connectivity index (χ0n) is 10.8. The van der Waals surface area contributed by atoms with Crippen molar-refractivity contribution in [3.63, 3.8) is 0 Å². The van der Waals surface area contributed by atoms with E-state index in [1.807, 2.05) is 6.07 Å². The second kappa shape index (κ2) is 8.15. The molecule has 0 fully saturated rings. The van der Waals surface area contributed by atoms with E-state index in [0.29, 0.717) is 11.6 Å². The number of amides is 1. The van der Waals surface area contributed by atoms with Crippen LogP contribution in [-0.4, -0.2) is 31.7 Å². The fourth-order valence-electron chi connectivity index (χ4n) is 1.28. The van der Waals surface area contributed by atoms with Crippen LogP contribution >= 0.6 is 11.6 Å². The van der Waals surface area contributed by atoms with Crippen LogP contribution in [-0.2, 0) is 19.1 Å². The highest BCUT2D eigenvalue weighted by Gasteiger charge is 2.10. The first-order valence-electron chi connectivity index (χ1n) is 5.79. The molecule has 0 aliphatic heterocycles. The molecule has 0 atom stereocenters. The molecule has 0 bridgehead atoms. The number of ether oxygens (including phenoxy) is 2. The molecule has 6 nitrogen and oxygen atoms in total. The number of nitriles is 1. The fraction of sp³-hybridized carbons (Fsp3) is 0.308. The van der Waals surface area contributed by atoms with Crippen molar-refractivity contribution in [2.75, 3.05) is 25.1 Å². The Morgan fingerprint density at radius 2 is 2.15 bits per heavy atom. The second-order valence-electron chi connectivity index (χ2n) is 3.65. The number of nitrogens with zero attached hydrogens (tertiary/aromatic N) is 1. The van der Waals surface area contributed by atoms with E-state index in [9.17, 15) is 9.59 Å². The first kappa shape index (κ1) is 16.0. The van der Waals surface area contributed by atoms with Crippen LogP contribution in [0.25, 0.3) is 0 Å². The van der Waals surface area contributed by atoms with Crippen molar-refractivity contribution in [2.24, 2.45) is 0 Å². The second-order valence-corrected chi connectivity index (χ2v) is 4.08. The van der Waals surface area contributed by atoms with Gasteiger partial charge >= 0.3 is 5.97 Å². The van der Waals surface area contributed by atoms with Crippen molar-refractivity contribution >= 4 is 29.2 Å². The van der Waals surface area contributed by atoms with Crippen LogP contribution in [0.15, 0.2) is 18.2 Å². The van der Waals surface area contributed by atoms with E-state index in [1.165, 1.54) is 18.2 Å². The SMILES string of the molecule is CCOCC(=O)OCC(=O)Nc1cc(Cl)ccc1C#N. The van der Waals surface area contributed by atoms with Crippen LogP contribution in [0.4, 0.5) is 5.69 Å². The largest absolute Gasteiger partial charge is 0.454 e. The first-order valence-corrected chi connectivity index (χ1v) is 6.17. The lowest BCUT2D eigenvalue weighted by Gasteiger charge is -2.08. The third-order valence-electron chi connectivity index (χ3n) is 2.16. The first-order chi connectivity index (χ1) is 9.56. The molecule has 20 heavy (non-hydrogen) atoms. The fourth-order valence-corrected chi connectivity index (χ4v) is 1.45. The zero-order chi connectivity index (χ0) is 15.0. The Bertz CT molecular complexity index is 540. The predicted molar refractivity (Wildman–Crippen MR) is 72.2 cm³/mol. The highest BCUT2D eigenvalue weighted by atomic mass is 35.5. The normalized spacial score (nSPS) is 9.65. The number of carbonyl (C=O) groups is 2. The summed E-state index contributed by atoms with van der Waals surface area (Å²) in [6, 6.07) is 6.39. The number of hydrogen-bond donors (Lipinski definition) is 1. The van der Waals surface area contributed by atoms with E-state index in [4.69, 9.17) is 21.6 Å². The molecule has 1 N–H and O–H groups in total. The zero-order valence-corrected chi connectivity index (χ0v) is 11.6. The Hall–Kier alpha value is -2.10. The molecular weight excluding hydrogens is 284 g/mol. The van der Waals surface area contributed by atoms with Crippen molar-refractivity contribution in [3.8, 4) is 6.07 Å². The van der Waals surface area contributed by atoms with Gasteiger partial charge < -0.3 is 14.8 Å². The highest BCUT2D eigenvalue weighted by molar-refractivity contribution is 6.31. The van der Waals surface area contributed by atoms with Gasteiger partial charge in [0.1, 0.15) is 12.7 Å². The van der Waals surface area contributed by atoms with E-state index in [2.05, 4.69) is 10.1 Å². The summed E-state index contributed by atoms with van der Waals surface area (Å²) in [6.07, 6.45) is 0. The van der Waals surface area contributed by atoms with Gasteiger partial charge in [-0.2, -0.15) is 5.26 Å². The van der Waals surface area contributed by atoms with Crippen LogP contribution < -0.4 is 5.32 Å². The molecule has 0 saturated carbocycles. The van der Waals surface area contributed by atoms with Crippen LogP contribution in [0.1, 0.15) is 12.5 Å². The maximum absolute atomic E-state index is 11.6. The van der Waals surface area contributed by atoms with Gasteiger partial charge in [0.2, 0.25) is 0 Å².